The topological polar surface area (TPSA) is 33.3 Å². The van der Waals surface area contributed by atoms with Crippen molar-refractivity contribution in [3.8, 4) is 5.75 Å². The fourth-order valence-corrected chi connectivity index (χ4v) is 3.45. The molecule has 1 aliphatic rings. The van der Waals surface area contributed by atoms with E-state index in [2.05, 4.69) is 22.8 Å². The lowest BCUT2D eigenvalue weighted by Crippen LogP contribution is -2.45. The van der Waals surface area contributed by atoms with Gasteiger partial charge in [-0.3, -0.25) is 0 Å². The monoisotopic (exact) mass is 364 g/mol. The number of alkyl halides is 3. The van der Waals surface area contributed by atoms with Crippen molar-refractivity contribution >= 4 is 0 Å². The van der Waals surface area contributed by atoms with E-state index in [1.54, 1.807) is 0 Å². The first-order valence-electron chi connectivity index (χ1n) is 8.75. The van der Waals surface area contributed by atoms with Crippen LogP contribution < -0.4 is 15.4 Å². The van der Waals surface area contributed by atoms with Gasteiger partial charge in [0.2, 0.25) is 0 Å². The van der Waals surface area contributed by atoms with Crippen molar-refractivity contribution < 1.29 is 17.9 Å². The first-order chi connectivity index (χ1) is 12.5. The summed E-state index contributed by atoms with van der Waals surface area (Å²) < 4.78 is 44.3. The first-order valence-corrected chi connectivity index (χ1v) is 8.75. The van der Waals surface area contributed by atoms with E-state index in [-0.39, 0.29) is 12.1 Å². The molecule has 2 aromatic carbocycles. The Bertz CT molecular complexity index is 719. The number of hydrogen-bond donors (Lipinski definition) is 2. The molecule has 0 radical (unpaired) electrons. The van der Waals surface area contributed by atoms with E-state index in [0.29, 0.717) is 17.9 Å². The SMILES string of the molecule is COc1ccc(C(F)(F)F)cc1CN[C@H]1CCCN[C@H]1c1ccccc1. The van der Waals surface area contributed by atoms with Gasteiger partial charge in [-0.1, -0.05) is 30.3 Å². The maximum Gasteiger partial charge on any atom is 0.416 e. The van der Waals surface area contributed by atoms with Crippen LogP contribution in [0.4, 0.5) is 13.2 Å². The summed E-state index contributed by atoms with van der Waals surface area (Å²) >= 11 is 0. The first kappa shape index (κ1) is 18.7. The van der Waals surface area contributed by atoms with E-state index < -0.39 is 11.7 Å². The van der Waals surface area contributed by atoms with Crippen LogP contribution in [0.5, 0.6) is 5.75 Å². The van der Waals surface area contributed by atoms with Crippen molar-refractivity contribution in [2.75, 3.05) is 13.7 Å². The summed E-state index contributed by atoms with van der Waals surface area (Å²) in [5, 5.41) is 6.94. The minimum atomic E-state index is -4.36. The Morgan fingerprint density at radius 2 is 1.92 bits per heavy atom. The average molecular weight is 364 g/mol. The second-order valence-electron chi connectivity index (χ2n) is 6.50. The summed E-state index contributed by atoms with van der Waals surface area (Å²) in [6, 6.07) is 14.0. The van der Waals surface area contributed by atoms with Crippen molar-refractivity contribution in [2.24, 2.45) is 0 Å². The molecular weight excluding hydrogens is 341 g/mol. The number of halogens is 3. The predicted molar refractivity (Wildman–Crippen MR) is 95.0 cm³/mol. The van der Waals surface area contributed by atoms with E-state index in [1.165, 1.54) is 24.8 Å². The molecule has 0 amide bonds. The minimum absolute atomic E-state index is 0.141. The lowest BCUT2D eigenvalue weighted by molar-refractivity contribution is -0.137. The molecule has 0 aliphatic carbocycles. The highest BCUT2D eigenvalue weighted by atomic mass is 19.4. The fraction of sp³-hybridized carbons (Fsp3) is 0.400. The Morgan fingerprint density at radius 1 is 1.15 bits per heavy atom. The molecule has 2 atom stereocenters. The predicted octanol–water partition coefficient (Wildman–Crippen LogP) is 4.30. The fourth-order valence-electron chi connectivity index (χ4n) is 3.45. The van der Waals surface area contributed by atoms with E-state index >= 15 is 0 Å². The average Bonchev–Trinajstić information content (AvgIpc) is 2.66. The Balaban J connectivity index is 1.76. The van der Waals surface area contributed by atoms with Crippen LogP contribution in [-0.2, 0) is 12.7 Å². The number of nitrogens with one attached hydrogen (secondary N) is 2. The van der Waals surface area contributed by atoms with E-state index in [0.717, 1.165) is 25.5 Å². The highest BCUT2D eigenvalue weighted by Crippen LogP contribution is 2.33. The van der Waals surface area contributed by atoms with Gasteiger partial charge in [0.05, 0.1) is 12.7 Å². The number of methoxy groups -OCH3 is 1. The molecule has 3 nitrogen and oxygen atoms in total. The smallest absolute Gasteiger partial charge is 0.416 e. The summed E-state index contributed by atoms with van der Waals surface area (Å²) in [5.41, 5.74) is 1.04. The van der Waals surface area contributed by atoms with Crippen LogP contribution in [0, 0.1) is 0 Å². The summed E-state index contributed by atoms with van der Waals surface area (Å²) in [4.78, 5) is 0. The molecule has 3 rings (SSSR count). The second kappa shape index (κ2) is 8.10. The number of ether oxygens (including phenoxy) is 1. The van der Waals surface area contributed by atoms with Gasteiger partial charge in [0.1, 0.15) is 5.75 Å². The third kappa shape index (κ3) is 4.37. The number of benzene rings is 2. The van der Waals surface area contributed by atoms with E-state index in [1.807, 2.05) is 18.2 Å². The summed E-state index contributed by atoms with van der Waals surface area (Å²) in [5.74, 6) is 0.463. The van der Waals surface area contributed by atoms with E-state index in [4.69, 9.17) is 4.74 Å². The lowest BCUT2D eigenvalue weighted by atomic mass is 9.92. The molecule has 0 spiro atoms. The van der Waals surface area contributed by atoms with Crippen LogP contribution in [0.25, 0.3) is 0 Å². The van der Waals surface area contributed by atoms with Crippen molar-refractivity contribution in [1.29, 1.82) is 0 Å². The van der Waals surface area contributed by atoms with Crippen LogP contribution in [0.1, 0.15) is 35.6 Å². The number of piperidine rings is 1. The third-order valence-corrected chi connectivity index (χ3v) is 4.78. The largest absolute Gasteiger partial charge is 0.496 e. The van der Waals surface area contributed by atoms with Gasteiger partial charge in [0, 0.05) is 24.2 Å². The molecule has 1 saturated heterocycles. The number of rotatable bonds is 5. The normalized spacial score (nSPS) is 20.8. The Morgan fingerprint density at radius 3 is 2.62 bits per heavy atom. The zero-order valence-corrected chi connectivity index (χ0v) is 14.6. The molecule has 0 bridgehead atoms. The van der Waals surface area contributed by atoms with Gasteiger partial charge in [-0.15, -0.1) is 0 Å². The Hall–Kier alpha value is -2.05. The van der Waals surface area contributed by atoms with Crippen molar-refractivity contribution in [3.05, 3.63) is 65.2 Å². The molecule has 140 valence electrons. The Labute approximate surface area is 151 Å². The van der Waals surface area contributed by atoms with Gasteiger partial charge in [0.25, 0.3) is 0 Å². The molecule has 26 heavy (non-hydrogen) atoms. The summed E-state index contributed by atoms with van der Waals surface area (Å²) in [6.45, 7) is 1.26. The molecule has 2 aromatic rings. The van der Waals surface area contributed by atoms with E-state index in [9.17, 15) is 13.2 Å². The molecule has 0 saturated carbocycles. The van der Waals surface area contributed by atoms with Crippen molar-refractivity contribution in [2.45, 2.75) is 37.6 Å². The zero-order valence-electron chi connectivity index (χ0n) is 14.6. The summed E-state index contributed by atoms with van der Waals surface area (Å²) in [6.07, 6.45) is -2.37. The lowest BCUT2D eigenvalue weighted by Gasteiger charge is -2.34. The molecule has 1 heterocycles. The van der Waals surface area contributed by atoms with Gasteiger partial charge in [-0.25, -0.2) is 0 Å². The maximum atomic E-state index is 13.0. The Kier molecular flexibility index (Phi) is 5.84. The van der Waals surface area contributed by atoms with Crippen LogP contribution in [-0.4, -0.2) is 19.7 Å². The quantitative estimate of drug-likeness (QED) is 0.830. The molecule has 0 unspecified atom stereocenters. The molecule has 2 N–H and O–H groups in total. The highest BCUT2D eigenvalue weighted by Gasteiger charge is 2.31. The van der Waals surface area contributed by atoms with Crippen LogP contribution in [0.3, 0.4) is 0 Å². The van der Waals surface area contributed by atoms with Gasteiger partial charge in [-0.2, -0.15) is 13.2 Å². The third-order valence-electron chi connectivity index (χ3n) is 4.78. The van der Waals surface area contributed by atoms with Gasteiger partial charge < -0.3 is 15.4 Å². The molecular formula is C20H23F3N2O. The van der Waals surface area contributed by atoms with Crippen molar-refractivity contribution in [1.82, 2.24) is 10.6 Å². The molecule has 1 fully saturated rings. The molecule has 1 aliphatic heterocycles. The minimum Gasteiger partial charge on any atom is -0.496 e. The molecule has 0 aromatic heterocycles. The van der Waals surface area contributed by atoms with Gasteiger partial charge >= 0.3 is 6.18 Å². The maximum absolute atomic E-state index is 13.0. The van der Waals surface area contributed by atoms with Crippen molar-refractivity contribution in [3.63, 3.8) is 0 Å². The van der Waals surface area contributed by atoms with Crippen LogP contribution in [0.15, 0.2) is 48.5 Å². The molecule has 6 heteroatoms. The number of hydrogen-bond acceptors (Lipinski definition) is 3. The summed E-state index contributed by atoms with van der Waals surface area (Å²) in [7, 11) is 1.47. The van der Waals surface area contributed by atoms with Gasteiger partial charge in [0.15, 0.2) is 0 Å². The second-order valence-corrected chi connectivity index (χ2v) is 6.50. The van der Waals surface area contributed by atoms with Crippen LogP contribution >= 0.6 is 0 Å². The van der Waals surface area contributed by atoms with Gasteiger partial charge in [-0.05, 0) is 43.1 Å². The highest BCUT2D eigenvalue weighted by molar-refractivity contribution is 5.38. The zero-order chi connectivity index (χ0) is 18.6. The van der Waals surface area contributed by atoms with Crippen LogP contribution in [0.2, 0.25) is 0 Å². The standard InChI is InChI=1S/C20H23F3N2O/c1-26-18-10-9-16(20(21,22)23)12-15(18)13-25-17-8-5-11-24-19(17)14-6-3-2-4-7-14/h2-4,6-7,9-10,12,17,19,24-25H,5,8,11,13H2,1H3/t17-,19-/m0/s1.